The molecule has 14 heavy (non-hydrogen) atoms. The van der Waals surface area contributed by atoms with E-state index in [1.54, 1.807) is 0 Å². The van der Waals surface area contributed by atoms with Crippen LogP contribution in [0, 0.1) is 5.41 Å². The molecule has 80 valence electrons. The molecule has 0 spiro atoms. The summed E-state index contributed by atoms with van der Waals surface area (Å²) in [5.41, 5.74) is -2.02. The molecule has 5 nitrogen and oxygen atoms in total. The maximum absolute atomic E-state index is 11.7. The topological polar surface area (TPSA) is 65.0 Å². The summed E-state index contributed by atoms with van der Waals surface area (Å²) in [5, 5.41) is 10.2. The fourth-order valence-corrected chi connectivity index (χ4v) is 2.05. The number of aliphatic hydroxyl groups is 1. The summed E-state index contributed by atoms with van der Waals surface area (Å²) in [6.45, 7) is 1.08. The highest BCUT2D eigenvalue weighted by Gasteiger charge is 2.62. The number of ether oxygens (including phenoxy) is 3. The molecule has 0 aliphatic carbocycles. The summed E-state index contributed by atoms with van der Waals surface area (Å²) in [7, 11) is 1.32. The average molecular weight is 202 g/mol. The Balaban J connectivity index is 2.25. The number of carbonyl (C=O) groups excluding carboxylic acids is 1. The Morgan fingerprint density at radius 2 is 2.07 bits per heavy atom. The molecule has 0 saturated carbocycles. The molecule has 1 atom stereocenters. The van der Waals surface area contributed by atoms with Crippen molar-refractivity contribution in [2.45, 2.75) is 12.0 Å². The lowest BCUT2D eigenvalue weighted by Crippen LogP contribution is -2.65. The standard InChI is InChI=1S/C9H14O5/c1-12-7(10)8(2-3-13-4-8)9(11)5-14-6-9/h11H,2-6H2,1H3. The lowest BCUT2D eigenvalue weighted by Gasteiger charge is -2.47. The number of methoxy groups -OCH3 is 1. The van der Waals surface area contributed by atoms with Gasteiger partial charge in [0, 0.05) is 6.61 Å². The van der Waals surface area contributed by atoms with Crippen LogP contribution in [0.2, 0.25) is 0 Å². The molecule has 2 heterocycles. The van der Waals surface area contributed by atoms with Crippen LogP contribution in [0.3, 0.4) is 0 Å². The Hall–Kier alpha value is -0.650. The van der Waals surface area contributed by atoms with Gasteiger partial charge in [-0.25, -0.2) is 0 Å². The Kier molecular flexibility index (Phi) is 2.25. The molecule has 5 heteroatoms. The van der Waals surface area contributed by atoms with Crippen LogP contribution in [0.15, 0.2) is 0 Å². The molecule has 2 fully saturated rings. The van der Waals surface area contributed by atoms with Crippen molar-refractivity contribution in [3.8, 4) is 0 Å². The second-order valence-corrected chi connectivity index (χ2v) is 3.90. The molecule has 1 unspecified atom stereocenters. The SMILES string of the molecule is COC(=O)C1(C2(O)COC2)CCOC1. The highest BCUT2D eigenvalue weighted by molar-refractivity contribution is 5.79. The van der Waals surface area contributed by atoms with Crippen molar-refractivity contribution in [1.29, 1.82) is 0 Å². The van der Waals surface area contributed by atoms with Crippen LogP contribution in [0.25, 0.3) is 0 Å². The van der Waals surface area contributed by atoms with E-state index in [0.717, 1.165) is 0 Å². The predicted octanol–water partition coefficient (Wildman–Crippen LogP) is -0.673. The van der Waals surface area contributed by atoms with E-state index < -0.39 is 17.0 Å². The molecule has 0 bridgehead atoms. The van der Waals surface area contributed by atoms with Gasteiger partial charge in [-0.2, -0.15) is 0 Å². The highest BCUT2D eigenvalue weighted by atomic mass is 16.6. The maximum Gasteiger partial charge on any atom is 0.317 e. The first kappa shape index (κ1) is 9.89. The minimum Gasteiger partial charge on any atom is -0.468 e. The summed E-state index contributed by atoms with van der Waals surface area (Å²) in [6, 6.07) is 0. The zero-order valence-corrected chi connectivity index (χ0v) is 8.12. The van der Waals surface area contributed by atoms with Crippen molar-refractivity contribution in [2.24, 2.45) is 5.41 Å². The number of hydrogen-bond acceptors (Lipinski definition) is 5. The molecule has 1 N–H and O–H groups in total. The van der Waals surface area contributed by atoms with E-state index in [9.17, 15) is 9.90 Å². The minimum atomic E-state index is -1.10. The summed E-state index contributed by atoms with van der Waals surface area (Å²) < 4.78 is 14.9. The van der Waals surface area contributed by atoms with Crippen LogP contribution in [-0.2, 0) is 19.0 Å². The summed E-state index contributed by atoms with van der Waals surface area (Å²) in [4.78, 5) is 11.7. The molecule has 2 aliphatic rings. The van der Waals surface area contributed by atoms with Gasteiger partial charge in [-0.05, 0) is 6.42 Å². The van der Waals surface area contributed by atoms with E-state index in [-0.39, 0.29) is 19.8 Å². The van der Waals surface area contributed by atoms with Gasteiger partial charge in [-0.15, -0.1) is 0 Å². The van der Waals surface area contributed by atoms with Crippen molar-refractivity contribution >= 4 is 5.97 Å². The maximum atomic E-state index is 11.7. The van der Waals surface area contributed by atoms with Crippen LogP contribution >= 0.6 is 0 Å². The van der Waals surface area contributed by atoms with Gasteiger partial charge in [0.05, 0.1) is 26.9 Å². The summed E-state index contributed by atoms with van der Waals surface area (Å²) >= 11 is 0. The molecule has 0 aromatic rings. The Labute approximate surface area is 81.9 Å². The Morgan fingerprint density at radius 1 is 1.36 bits per heavy atom. The van der Waals surface area contributed by atoms with Gasteiger partial charge in [-0.3, -0.25) is 4.79 Å². The monoisotopic (exact) mass is 202 g/mol. The van der Waals surface area contributed by atoms with E-state index in [1.165, 1.54) is 7.11 Å². The van der Waals surface area contributed by atoms with E-state index >= 15 is 0 Å². The van der Waals surface area contributed by atoms with E-state index in [2.05, 4.69) is 0 Å². The third-order valence-electron chi connectivity index (χ3n) is 3.17. The normalized spacial score (nSPS) is 35.0. The van der Waals surface area contributed by atoms with Crippen LogP contribution < -0.4 is 0 Å². The van der Waals surface area contributed by atoms with Crippen molar-refractivity contribution in [3.05, 3.63) is 0 Å². The molecule has 0 aromatic heterocycles. The fourth-order valence-electron chi connectivity index (χ4n) is 2.05. The lowest BCUT2D eigenvalue weighted by atomic mass is 9.70. The molecule has 2 aliphatic heterocycles. The van der Waals surface area contributed by atoms with Crippen LogP contribution in [0.4, 0.5) is 0 Å². The third-order valence-corrected chi connectivity index (χ3v) is 3.17. The second kappa shape index (κ2) is 3.18. The fraction of sp³-hybridized carbons (Fsp3) is 0.889. The quantitative estimate of drug-likeness (QED) is 0.601. The summed E-state index contributed by atoms with van der Waals surface area (Å²) in [5.74, 6) is -0.402. The predicted molar refractivity (Wildman–Crippen MR) is 45.7 cm³/mol. The van der Waals surface area contributed by atoms with Crippen molar-refractivity contribution in [3.63, 3.8) is 0 Å². The molecule has 2 saturated heterocycles. The zero-order valence-electron chi connectivity index (χ0n) is 8.12. The highest BCUT2D eigenvalue weighted by Crippen LogP contribution is 2.44. The van der Waals surface area contributed by atoms with Crippen LogP contribution in [0.1, 0.15) is 6.42 Å². The molecule has 0 amide bonds. The van der Waals surface area contributed by atoms with Gasteiger partial charge in [0.1, 0.15) is 11.0 Å². The van der Waals surface area contributed by atoms with Crippen molar-refractivity contribution in [1.82, 2.24) is 0 Å². The molecule has 0 radical (unpaired) electrons. The first-order valence-electron chi connectivity index (χ1n) is 4.61. The molecular formula is C9H14O5. The smallest absolute Gasteiger partial charge is 0.317 e. The lowest BCUT2D eigenvalue weighted by molar-refractivity contribution is -0.244. The summed E-state index contributed by atoms with van der Waals surface area (Å²) in [6.07, 6.45) is 0.500. The van der Waals surface area contributed by atoms with E-state index in [0.29, 0.717) is 13.0 Å². The van der Waals surface area contributed by atoms with Crippen molar-refractivity contribution < 1.29 is 24.1 Å². The van der Waals surface area contributed by atoms with Crippen LogP contribution in [-0.4, -0.2) is 50.2 Å². The zero-order chi connectivity index (χ0) is 10.2. The van der Waals surface area contributed by atoms with Gasteiger partial charge in [0.2, 0.25) is 0 Å². The average Bonchev–Trinajstić information content (AvgIpc) is 2.63. The largest absolute Gasteiger partial charge is 0.468 e. The molecular weight excluding hydrogens is 188 g/mol. The van der Waals surface area contributed by atoms with E-state index in [4.69, 9.17) is 14.2 Å². The van der Waals surface area contributed by atoms with Gasteiger partial charge in [0.15, 0.2) is 0 Å². The van der Waals surface area contributed by atoms with E-state index in [1.807, 2.05) is 0 Å². The Morgan fingerprint density at radius 3 is 2.43 bits per heavy atom. The van der Waals surface area contributed by atoms with Gasteiger partial charge in [0.25, 0.3) is 0 Å². The van der Waals surface area contributed by atoms with Crippen molar-refractivity contribution in [2.75, 3.05) is 33.5 Å². The number of carbonyl (C=O) groups is 1. The van der Waals surface area contributed by atoms with Gasteiger partial charge >= 0.3 is 5.97 Å². The number of esters is 1. The van der Waals surface area contributed by atoms with Gasteiger partial charge < -0.3 is 19.3 Å². The first-order valence-corrected chi connectivity index (χ1v) is 4.61. The Bertz CT molecular complexity index is 240. The second-order valence-electron chi connectivity index (χ2n) is 3.90. The number of hydrogen-bond donors (Lipinski definition) is 1. The first-order chi connectivity index (χ1) is 6.65. The third kappa shape index (κ3) is 1.09. The number of rotatable bonds is 2. The van der Waals surface area contributed by atoms with Crippen LogP contribution in [0.5, 0.6) is 0 Å². The minimum absolute atomic E-state index is 0.186. The molecule has 0 aromatic carbocycles. The molecule has 2 rings (SSSR count). The van der Waals surface area contributed by atoms with Gasteiger partial charge in [-0.1, -0.05) is 0 Å².